The summed E-state index contributed by atoms with van der Waals surface area (Å²) in [6.07, 6.45) is 0. The van der Waals surface area contributed by atoms with Gasteiger partial charge in [0.15, 0.2) is 6.61 Å². The summed E-state index contributed by atoms with van der Waals surface area (Å²) in [5.41, 5.74) is 0. The summed E-state index contributed by atoms with van der Waals surface area (Å²) in [5.74, 6) is 0.104. The number of hydrogen-bond donors (Lipinski definition) is 2. The highest BCUT2D eigenvalue weighted by Crippen LogP contribution is 2.33. The third kappa shape index (κ3) is 7.43. The molecule has 1 atom stereocenters. The standard InChI is InChI=1S/C13H17Cl3N2O2.ClH/c1-3-17-8(2)6-18-13(19)7-20-12-5-10(15)9(14)4-11(12)16;/h4-5,8,17H,3,6-7H2,1-2H3,(H,18,19);1H/t8-;/m1./s1. The van der Waals surface area contributed by atoms with Crippen LogP contribution in [0.25, 0.3) is 0 Å². The molecule has 21 heavy (non-hydrogen) atoms. The Morgan fingerprint density at radius 2 is 1.86 bits per heavy atom. The van der Waals surface area contributed by atoms with E-state index in [1.165, 1.54) is 12.1 Å². The van der Waals surface area contributed by atoms with Gasteiger partial charge in [-0.1, -0.05) is 41.7 Å². The second-order valence-electron chi connectivity index (χ2n) is 4.25. The lowest BCUT2D eigenvalue weighted by Crippen LogP contribution is -2.40. The van der Waals surface area contributed by atoms with Crippen molar-refractivity contribution in [1.29, 1.82) is 0 Å². The third-order valence-corrected chi connectivity index (χ3v) is 3.51. The molecule has 0 radical (unpaired) electrons. The van der Waals surface area contributed by atoms with Crippen molar-refractivity contribution < 1.29 is 9.53 Å². The zero-order valence-electron chi connectivity index (χ0n) is 11.7. The molecule has 4 nitrogen and oxygen atoms in total. The van der Waals surface area contributed by atoms with E-state index in [4.69, 9.17) is 39.5 Å². The lowest BCUT2D eigenvalue weighted by molar-refractivity contribution is -0.123. The fourth-order valence-electron chi connectivity index (χ4n) is 1.50. The monoisotopic (exact) mass is 374 g/mol. The Kier molecular flexibility index (Phi) is 10.2. The van der Waals surface area contributed by atoms with Crippen molar-refractivity contribution in [2.45, 2.75) is 19.9 Å². The van der Waals surface area contributed by atoms with E-state index in [-0.39, 0.29) is 31.0 Å². The molecule has 0 spiro atoms. The van der Waals surface area contributed by atoms with Crippen molar-refractivity contribution in [2.75, 3.05) is 19.7 Å². The van der Waals surface area contributed by atoms with Crippen molar-refractivity contribution in [3.63, 3.8) is 0 Å². The molecule has 2 N–H and O–H groups in total. The van der Waals surface area contributed by atoms with E-state index in [9.17, 15) is 4.79 Å². The Balaban J connectivity index is 0.00000400. The Morgan fingerprint density at radius 1 is 1.24 bits per heavy atom. The van der Waals surface area contributed by atoms with Crippen molar-refractivity contribution >= 4 is 53.1 Å². The first-order valence-electron chi connectivity index (χ1n) is 6.21. The van der Waals surface area contributed by atoms with Gasteiger partial charge in [0.05, 0.1) is 15.1 Å². The molecule has 120 valence electrons. The summed E-state index contributed by atoms with van der Waals surface area (Å²) >= 11 is 17.6. The molecule has 1 aromatic carbocycles. The first-order chi connectivity index (χ1) is 9.43. The van der Waals surface area contributed by atoms with Gasteiger partial charge in [-0.2, -0.15) is 0 Å². The number of rotatable bonds is 7. The molecule has 0 heterocycles. The molecule has 8 heteroatoms. The zero-order valence-corrected chi connectivity index (χ0v) is 14.8. The maximum absolute atomic E-state index is 11.6. The van der Waals surface area contributed by atoms with Gasteiger partial charge < -0.3 is 15.4 Å². The average molecular weight is 376 g/mol. The van der Waals surface area contributed by atoms with Crippen LogP contribution in [0.5, 0.6) is 5.75 Å². The number of likely N-dealkylation sites (N-methyl/N-ethyl adjacent to an activating group) is 1. The fraction of sp³-hybridized carbons (Fsp3) is 0.462. The minimum atomic E-state index is -0.225. The number of carbonyl (C=O) groups is 1. The fourth-order valence-corrected chi connectivity index (χ4v) is 2.09. The van der Waals surface area contributed by atoms with Crippen LogP contribution in [0.2, 0.25) is 15.1 Å². The molecule has 1 aromatic rings. The number of nitrogens with one attached hydrogen (secondary N) is 2. The Morgan fingerprint density at radius 3 is 2.48 bits per heavy atom. The molecular weight excluding hydrogens is 358 g/mol. The van der Waals surface area contributed by atoms with Gasteiger partial charge in [0.25, 0.3) is 5.91 Å². The van der Waals surface area contributed by atoms with Crippen LogP contribution in [0.3, 0.4) is 0 Å². The van der Waals surface area contributed by atoms with E-state index in [0.717, 1.165) is 6.54 Å². The molecule has 0 aliphatic rings. The highest BCUT2D eigenvalue weighted by Gasteiger charge is 2.10. The quantitative estimate of drug-likeness (QED) is 0.716. The van der Waals surface area contributed by atoms with Crippen LogP contribution < -0.4 is 15.4 Å². The van der Waals surface area contributed by atoms with Gasteiger partial charge in [-0.05, 0) is 19.5 Å². The van der Waals surface area contributed by atoms with Crippen LogP contribution >= 0.6 is 47.2 Å². The maximum Gasteiger partial charge on any atom is 0.257 e. The summed E-state index contributed by atoms with van der Waals surface area (Å²) in [5, 5.41) is 6.92. The van der Waals surface area contributed by atoms with Crippen LogP contribution in [0.15, 0.2) is 12.1 Å². The summed E-state index contributed by atoms with van der Waals surface area (Å²) in [6, 6.07) is 3.17. The molecule has 0 saturated heterocycles. The van der Waals surface area contributed by atoms with Crippen LogP contribution in [0.1, 0.15) is 13.8 Å². The number of carbonyl (C=O) groups excluding carboxylic acids is 1. The normalized spacial score (nSPS) is 11.5. The van der Waals surface area contributed by atoms with Gasteiger partial charge in [-0.3, -0.25) is 4.79 Å². The predicted molar refractivity (Wildman–Crippen MR) is 90.4 cm³/mol. The van der Waals surface area contributed by atoms with Gasteiger partial charge in [-0.25, -0.2) is 0 Å². The number of ether oxygens (including phenoxy) is 1. The minimum Gasteiger partial charge on any atom is -0.482 e. The largest absolute Gasteiger partial charge is 0.482 e. The number of amides is 1. The number of benzene rings is 1. The van der Waals surface area contributed by atoms with E-state index >= 15 is 0 Å². The van der Waals surface area contributed by atoms with Crippen molar-refractivity contribution in [2.24, 2.45) is 0 Å². The Labute approximate surface area is 145 Å². The lowest BCUT2D eigenvalue weighted by Gasteiger charge is -2.14. The molecule has 0 unspecified atom stereocenters. The molecule has 0 fully saturated rings. The summed E-state index contributed by atoms with van der Waals surface area (Å²) in [6.45, 7) is 5.25. The van der Waals surface area contributed by atoms with Crippen LogP contribution in [0.4, 0.5) is 0 Å². The van der Waals surface area contributed by atoms with E-state index in [0.29, 0.717) is 27.4 Å². The highest BCUT2D eigenvalue weighted by molar-refractivity contribution is 6.43. The van der Waals surface area contributed by atoms with Gasteiger partial charge >= 0.3 is 0 Å². The topological polar surface area (TPSA) is 50.4 Å². The second-order valence-corrected chi connectivity index (χ2v) is 5.47. The van der Waals surface area contributed by atoms with Gasteiger partial charge in [0.2, 0.25) is 0 Å². The van der Waals surface area contributed by atoms with Crippen LogP contribution in [-0.2, 0) is 4.79 Å². The van der Waals surface area contributed by atoms with Gasteiger partial charge in [0, 0.05) is 18.7 Å². The van der Waals surface area contributed by atoms with Gasteiger partial charge in [0.1, 0.15) is 5.75 Å². The molecule has 0 aliphatic heterocycles. The van der Waals surface area contributed by atoms with E-state index < -0.39 is 0 Å². The number of halogens is 4. The minimum absolute atomic E-state index is 0. The second kappa shape index (κ2) is 10.4. The first kappa shape index (κ1) is 20.6. The zero-order chi connectivity index (χ0) is 15.1. The smallest absolute Gasteiger partial charge is 0.257 e. The van der Waals surface area contributed by atoms with E-state index in [2.05, 4.69) is 10.6 Å². The number of hydrogen-bond acceptors (Lipinski definition) is 3. The SMILES string of the molecule is CCN[C@H](C)CNC(=O)COc1cc(Cl)c(Cl)cc1Cl.Cl. The van der Waals surface area contributed by atoms with Crippen molar-refractivity contribution in [1.82, 2.24) is 10.6 Å². The van der Waals surface area contributed by atoms with E-state index in [1.807, 2.05) is 13.8 Å². The van der Waals surface area contributed by atoms with Crippen molar-refractivity contribution in [3.8, 4) is 5.75 Å². The Bertz CT molecular complexity index is 472. The molecule has 1 rings (SSSR count). The molecular formula is C13H18Cl4N2O2. The van der Waals surface area contributed by atoms with Crippen molar-refractivity contribution in [3.05, 3.63) is 27.2 Å². The first-order valence-corrected chi connectivity index (χ1v) is 7.34. The molecule has 0 bridgehead atoms. The summed E-state index contributed by atoms with van der Waals surface area (Å²) in [7, 11) is 0. The van der Waals surface area contributed by atoms with Crippen LogP contribution in [-0.4, -0.2) is 31.6 Å². The molecule has 0 aromatic heterocycles. The third-order valence-electron chi connectivity index (χ3n) is 2.49. The maximum atomic E-state index is 11.6. The lowest BCUT2D eigenvalue weighted by atomic mass is 10.3. The highest BCUT2D eigenvalue weighted by atomic mass is 35.5. The molecule has 0 saturated carbocycles. The predicted octanol–water partition coefficient (Wildman–Crippen LogP) is 3.56. The summed E-state index contributed by atoms with van der Waals surface area (Å²) < 4.78 is 5.32. The van der Waals surface area contributed by atoms with E-state index in [1.54, 1.807) is 0 Å². The van der Waals surface area contributed by atoms with Crippen LogP contribution in [0, 0.1) is 0 Å². The molecule has 1 amide bonds. The Hall–Kier alpha value is -0.390. The molecule has 0 aliphatic carbocycles. The van der Waals surface area contributed by atoms with Gasteiger partial charge in [-0.15, -0.1) is 12.4 Å². The summed E-state index contributed by atoms with van der Waals surface area (Å²) in [4.78, 5) is 11.6. The average Bonchev–Trinajstić information content (AvgIpc) is 2.39.